The molecule has 0 aliphatic heterocycles. The Balaban J connectivity index is 4.09. The van der Waals surface area contributed by atoms with Crippen LogP contribution in [-0.2, 0) is 28.8 Å². The molecule has 0 saturated carbocycles. The quantitative estimate of drug-likeness (QED) is 0.0547. The number of hydrogen-bond donors (Lipinski definition) is 11. The molecule has 19 heteroatoms. The zero-order valence-electron chi connectivity index (χ0n) is 20.9. The van der Waals surface area contributed by atoms with Gasteiger partial charge in [-0.1, -0.05) is 0 Å². The van der Waals surface area contributed by atoms with Gasteiger partial charge in [0.15, 0.2) is 6.10 Å². The number of carbonyl (C=O) groups is 6. The largest absolute Gasteiger partial charge is 0.480 e. The number of carboxylic acids is 2. The van der Waals surface area contributed by atoms with Gasteiger partial charge in [-0.2, -0.15) is 0 Å². The highest BCUT2D eigenvalue weighted by Gasteiger charge is 2.31. The first-order valence-electron chi connectivity index (χ1n) is 11.5. The van der Waals surface area contributed by atoms with Crippen LogP contribution in [0.2, 0.25) is 0 Å². The van der Waals surface area contributed by atoms with Crippen molar-refractivity contribution < 1.29 is 54.3 Å². The number of aliphatic hydroxyl groups is 3. The van der Waals surface area contributed by atoms with Crippen LogP contribution >= 0.6 is 23.5 Å². The lowest BCUT2D eigenvalue weighted by Gasteiger charge is -2.22. The van der Waals surface area contributed by atoms with Gasteiger partial charge in [0.25, 0.3) is 5.91 Å². The van der Waals surface area contributed by atoms with E-state index in [-0.39, 0.29) is 49.2 Å². The Morgan fingerprint density at radius 2 is 1.03 bits per heavy atom. The number of amides is 4. The number of aliphatic hydroxyl groups excluding tert-OH is 3. The van der Waals surface area contributed by atoms with Gasteiger partial charge in [0.1, 0.15) is 18.2 Å². The fourth-order valence-corrected chi connectivity index (χ4v) is 4.05. The zero-order chi connectivity index (χ0) is 30.0. The molecular weight excluding hydrogens is 564 g/mol. The summed E-state index contributed by atoms with van der Waals surface area (Å²) in [5.74, 6) is -5.00. The first kappa shape index (κ1) is 36.3. The van der Waals surface area contributed by atoms with Gasteiger partial charge in [-0.3, -0.25) is 28.8 Å². The molecule has 4 amide bonds. The van der Waals surface area contributed by atoms with Crippen LogP contribution < -0.4 is 32.7 Å². The Labute approximate surface area is 232 Å². The molecule has 0 spiro atoms. The number of rotatable bonds is 21. The number of hydrogen-bond acceptors (Lipinski definition) is 13. The Morgan fingerprint density at radius 1 is 0.641 bits per heavy atom. The van der Waals surface area contributed by atoms with E-state index in [9.17, 15) is 44.1 Å². The molecule has 0 heterocycles. The molecule has 0 aliphatic carbocycles. The molecule has 0 aromatic heterocycles. The lowest BCUT2D eigenvalue weighted by Crippen LogP contribution is -2.49. The van der Waals surface area contributed by atoms with Crippen LogP contribution in [0.5, 0.6) is 0 Å². The number of carboxylic acid groups (broad SMARTS) is 2. The van der Waals surface area contributed by atoms with Gasteiger partial charge in [0.2, 0.25) is 17.7 Å². The molecule has 0 aromatic rings. The summed E-state index contributed by atoms with van der Waals surface area (Å²) in [7, 11) is 0. The molecule has 0 bridgehead atoms. The highest BCUT2D eigenvalue weighted by atomic mass is 32.2. The Morgan fingerprint density at radius 3 is 1.44 bits per heavy atom. The summed E-state index contributed by atoms with van der Waals surface area (Å²) in [6.45, 7) is -0.146. The van der Waals surface area contributed by atoms with Gasteiger partial charge >= 0.3 is 11.9 Å². The molecule has 0 aromatic carbocycles. The van der Waals surface area contributed by atoms with Crippen LogP contribution in [0.15, 0.2) is 0 Å². The van der Waals surface area contributed by atoms with E-state index >= 15 is 0 Å². The van der Waals surface area contributed by atoms with Gasteiger partial charge < -0.3 is 58.3 Å². The van der Waals surface area contributed by atoms with Gasteiger partial charge in [0.05, 0.1) is 24.0 Å². The topological polar surface area (TPSA) is 304 Å². The standard InChI is InChI=1S/C20H36N6O11S2/c21-10(19(34)35)6-38-8-14(29)24-2-1-23-13(28)5-12(27)16(31)17(32)18(33)26-4-3-25-15(30)9-39-7-11(22)20(36)37/h10-12,16-17,27,31-32H,1-9,21-22H2,(H,23,28)(H,24,29)(H,25,30)(H,26,33)(H,34,35)(H,36,37)/t10-,11?,12-,16-,17+/m1/s1. The molecule has 224 valence electrons. The summed E-state index contributed by atoms with van der Waals surface area (Å²) in [5.41, 5.74) is 10.6. The summed E-state index contributed by atoms with van der Waals surface area (Å²) in [6, 6.07) is -2.19. The van der Waals surface area contributed by atoms with Crippen molar-refractivity contribution in [3.63, 3.8) is 0 Å². The van der Waals surface area contributed by atoms with Gasteiger partial charge in [-0.25, -0.2) is 0 Å². The van der Waals surface area contributed by atoms with Crippen LogP contribution in [0.1, 0.15) is 6.42 Å². The molecule has 13 N–H and O–H groups in total. The van der Waals surface area contributed by atoms with Gasteiger partial charge in [-0.05, 0) is 0 Å². The van der Waals surface area contributed by atoms with E-state index in [0.717, 1.165) is 23.5 Å². The van der Waals surface area contributed by atoms with Crippen LogP contribution in [0.4, 0.5) is 0 Å². The minimum Gasteiger partial charge on any atom is -0.480 e. The minimum atomic E-state index is -2.07. The Kier molecular flexibility index (Phi) is 18.9. The summed E-state index contributed by atoms with van der Waals surface area (Å²) in [4.78, 5) is 68.3. The summed E-state index contributed by atoms with van der Waals surface area (Å²) >= 11 is 2.04. The molecule has 17 nitrogen and oxygen atoms in total. The summed E-state index contributed by atoms with van der Waals surface area (Å²) < 4.78 is 0. The number of aliphatic carboxylic acids is 2. The molecule has 1 unspecified atom stereocenters. The fraction of sp³-hybridized carbons (Fsp3) is 0.700. The van der Waals surface area contributed by atoms with Crippen LogP contribution in [-0.4, -0.2) is 141 Å². The molecule has 0 saturated heterocycles. The second-order valence-electron chi connectivity index (χ2n) is 7.97. The SMILES string of the molecule is NC(CSCC(=O)NCCNC(=O)[C@@H](O)[C@H](O)[C@H](O)CC(=O)NCCNC(=O)CSC[C@@H](N)C(=O)O)C(=O)O. The Hall–Kier alpha value is -2.68. The van der Waals surface area contributed by atoms with E-state index in [0.29, 0.717) is 0 Å². The lowest BCUT2D eigenvalue weighted by atomic mass is 10.0. The fourth-order valence-electron chi connectivity index (χ4n) is 2.45. The number of thioether (sulfide) groups is 2. The average Bonchev–Trinajstić information content (AvgIpc) is 2.87. The monoisotopic (exact) mass is 600 g/mol. The van der Waals surface area contributed by atoms with E-state index in [1.54, 1.807) is 0 Å². The molecule has 0 aliphatic rings. The zero-order valence-corrected chi connectivity index (χ0v) is 22.5. The third-order valence-electron chi connectivity index (χ3n) is 4.59. The van der Waals surface area contributed by atoms with Crippen molar-refractivity contribution >= 4 is 59.1 Å². The Bertz CT molecular complexity index is 838. The maximum atomic E-state index is 12.0. The molecular formula is C20H36N6O11S2. The maximum Gasteiger partial charge on any atom is 0.321 e. The van der Waals surface area contributed by atoms with E-state index < -0.39 is 72.4 Å². The average molecular weight is 601 g/mol. The van der Waals surface area contributed by atoms with E-state index in [1.807, 2.05) is 0 Å². The van der Waals surface area contributed by atoms with Crippen molar-refractivity contribution in [2.75, 3.05) is 49.2 Å². The molecule has 0 fully saturated rings. The van der Waals surface area contributed by atoms with Crippen molar-refractivity contribution in [3.05, 3.63) is 0 Å². The van der Waals surface area contributed by atoms with Crippen molar-refractivity contribution in [2.24, 2.45) is 11.5 Å². The molecule has 0 rings (SSSR count). The number of carbonyl (C=O) groups excluding carboxylic acids is 4. The first-order chi connectivity index (χ1) is 18.3. The molecule has 0 radical (unpaired) electrons. The molecule has 5 atom stereocenters. The highest BCUT2D eigenvalue weighted by molar-refractivity contribution is 8.00. The van der Waals surface area contributed by atoms with Crippen molar-refractivity contribution in [2.45, 2.75) is 36.8 Å². The van der Waals surface area contributed by atoms with Crippen molar-refractivity contribution in [1.29, 1.82) is 0 Å². The van der Waals surface area contributed by atoms with Crippen molar-refractivity contribution in [3.8, 4) is 0 Å². The predicted octanol–water partition coefficient (Wildman–Crippen LogP) is -5.79. The first-order valence-corrected chi connectivity index (χ1v) is 13.8. The van der Waals surface area contributed by atoms with Gasteiger partial charge in [-0.15, -0.1) is 23.5 Å². The van der Waals surface area contributed by atoms with E-state index in [4.69, 9.17) is 21.7 Å². The van der Waals surface area contributed by atoms with Crippen molar-refractivity contribution in [1.82, 2.24) is 21.3 Å². The van der Waals surface area contributed by atoms with E-state index in [1.165, 1.54) is 0 Å². The van der Waals surface area contributed by atoms with Crippen LogP contribution in [0, 0.1) is 0 Å². The van der Waals surface area contributed by atoms with Crippen LogP contribution in [0.25, 0.3) is 0 Å². The lowest BCUT2D eigenvalue weighted by molar-refractivity contribution is -0.143. The highest BCUT2D eigenvalue weighted by Crippen LogP contribution is 2.05. The van der Waals surface area contributed by atoms with E-state index in [2.05, 4.69) is 21.3 Å². The third kappa shape index (κ3) is 17.5. The van der Waals surface area contributed by atoms with Crippen LogP contribution in [0.3, 0.4) is 0 Å². The summed E-state index contributed by atoms with van der Waals surface area (Å²) in [6.07, 6.45) is -6.50. The molecule has 39 heavy (non-hydrogen) atoms. The third-order valence-corrected chi connectivity index (χ3v) is 6.71. The minimum absolute atomic E-state index is 0.0215. The summed E-state index contributed by atoms with van der Waals surface area (Å²) in [5, 5.41) is 56.7. The van der Waals surface area contributed by atoms with Gasteiger partial charge in [0, 0.05) is 37.7 Å². The normalized spacial score (nSPS) is 14.7. The predicted molar refractivity (Wildman–Crippen MR) is 141 cm³/mol. The number of nitrogens with one attached hydrogen (secondary N) is 4. The second-order valence-corrected chi connectivity index (χ2v) is 10.0. The maximum absolute atomic E-state index is 12.0. The number of nitrogens with two attached hydrogens (primary N) is 2. The second kappa shape index (κ2) is 20.3. The smallest absolute Gasteiger partial charge is 0.321 e.